The lowest BCUT2D eigenvalue weighted by Crippen LogP contribution is -2.18. The van der Waals surface area contributed by atoms with Crippen molar-refractivity contribution in [2.75, 3.05) is 18.1 Å². The van der Waals surface area contributed by atoms with Crippen molar-refractivity contribution >= 4 is 29.1 Å². The number of nitrogen functional groups attached to an aromatic ring is 1. The molecule has 0 aromatic heterocycles. The van der Waals surface area contributed by atoms with Gasteiger partial charge in [0, 0.05) is 16.3 Å². The molecular weight excluding hydrogens is 290 g/mol. The SMILES string of the molecule is Nc1cccc(Cl)c1SCC1OCCc2ccccc21. The Morgan fingerprint density at radius 1 is 1.20 bits per heavy atom. The average molecular weight is 306 g/mol. The zero-order valence-corrected chi connectivity index (χ0v) is 12.6. The third-order valence-electron chi connectivity index (χ3n) is 3.47. The molecule has 104 valence electrons. The average Bonchev–Trinajstić information content (AvgIpc) is 2.47. The number of anilines is 1. The van der Waals surface area contributed by atoms with E-state index in [4.69, 9.17) is 22.1 Å². The van der Waals surface area contributed by atoms with Gasteiger partial charge in [0.15, 0.2) is 0 Å². The molecule has 3 rings (SSSR count). The van der Waals surface area contributed by atoms with E-state index in [1.54, 1.807) is 11.8 Å². The second-order valence-corrected chi connectivity index (χ2v) is 6.21. The molecule has 0 fully saturated rings. The van der Waals surface area contributed by atoms with E-state index in [1.165, 1.54) is 11.1 Å². The Hall–Kier alpha value is -1.16. The van der Waals surface area contributed by atoms with Crippen LogP contribution in [0.5, 0.6) is 0 Å². The minimum atomic E-state index is 0.112. The first-order valence-corrected chi connectivity index (χ1v) is 7.98. The van der Waals surface area contributed by atoms with Crippen molar-refractivity contribution in [3.05, 3.63) is 58.6 Å². The predicted octanol–water partition coefficient (Wildman–Crippen LogP) is 4.33. The highest BCUT2D eigenvalue weighted by Gasteiger charge is 2.21. The van der Waals surface area contributed by atoms with Gasteiger partial charge in [-0.25, -0.2) is 0 Å². The van der Waals surface area contributed by atoms with Crippen LogP contribution >= 0.6 is 23.4 Å². The molecule has 0 saturated carbocycles. The first-order chi connectivity index (χ1) is 9.75. The van der Waals surface area contributed by atoms with Crippen molar-refractivity contribution in [1.29, 1.82) is 0 Å². The van der Waals surface area contributed by atoms with Crippen LogP contribution < -0.4 is 5.73 Å². The quantitative estimate of drug-likeness (QED) is 0.677. The van der Waals surface area contributed by atoms with Gasteiger partial charge in [-0.1, -0.05) is 41.9 Å². The molecule has 2 aromatic rings. The minimum Gasteiger partial charge on any atom is -0.398 e. The zero-order chi connectivity index (χ0) is 13.9. The van der Waals surface area contributed by atoms with E-state index >= 15 is 0 Å². The summed E-state index contributed by atoms with van der Waals surface area (Å²) in [5, 5.41) is 0.707. The molecule has 4 heteroatoms. The smallest absolute Gasteiger partial charge is 0.0921 e. The van der Waals surface area contributed by atoms with E-state index in [2.05, 4.69) is 24.3 Å². The Labute approximate surface area is 128 Å². The summed E-state index contributed by atoms with van der Waals surface area (Å²) in [5.41, 5.74) is 9.39. The molecule has 0 bridgehead atoms. The number of hydrogen-bond donors (Lipinski definition) is 1. The monoisotopic (exact) mass is 305 g/mol. The van der Waals surface area contributed by atoms with Crippen molar-refractivity contribution in [2.24, 2.45) is 0 Å². The van der Waals surface area contributed by atoms with E-state index in [0.29, 0.717) is 5.02 Å². The Morgan fingerprint density at radius 3 is 2.90 bits per heavy atom. The highest BCUT2D eigenvalue weighted by Crippen LogP contribution is 2.37. The topological polar surface area (TPSA) is 35.2 Å². The molecule has 2 N–H and O–H groups in total. The first-order valence-electron chi connectivity index (χ1n) is 6.62. The molecule has 1 unspecified atom stereocenters. The van der Waals surface area contributed by atoms with Crippen LogP contribution in [0.3, 0.4) is 0 Å². The van der Waals surface area contributed by atoms with Gasteiger partial charge in [0.2, 0.25) is 0 Å². The summed E-state index contributed by atoms with van der Waals surface area (Å²) in [5.74, 6) is 0.824. The number of fused-ring (bicyclic) bond motifs is 1. The van der Waals surface area contributed by atoms with Crippen LogP contribution in [-0.2, 0) is 11.2 Å². The maximum Gasteiger partial charge on any atom is 0.0921 e. The maximum atomic E-state index is 6.21. The summed E-state index contributed by atoms with van der Waals surface area (Å²) in [7, 11) is 0. The highest BCUT2D eigenvalue weighted by atomic mass is 35.5. The number of ether oxygens (including phenoxy) is 1. The molecule has 0 spiro atoms. The third-order valence-corrected chi connectivity index (χ3v) is 5.11. The lowest BCUT2D eigenvalue weighted by molar-refractivity contribution is 0.0588. The highest BCUT2D eigenvalue weighted by molar-refractivity contribution is 7.99. The molecule has 1 heterocycles. The van der Waals surface area contributed by atoms with E-state index < -0.39 is 0 Å². The Kier molecular flexibility index (Phi) is 4.20. The van der Waals surface area contributed by atoms with Gasteiger partial charge >= 0.3 is 0 Å². The van der Waals surface area contributed by atoms with Crippen LogP contribution in [0.1, 0.15) is 17.2 Å². The van der Waals surface area contributed by atoms with E-state index in [1.807, 2.05) is 18.2 Å². The van der Waals surface area contributed by atoms with Gasteiger partial charge in [0.25, 0.3) is 0 Å². The maximum absolute atomic E-state index is 6.21. The Balaban J connectivity index is 1.77. The molecule has 2 nitrogen and oxygen atoms in total. The summed E-state index contributed by atoms with van der Waals surface area (Å²) >= 11 is 7.87. The predicted molar refractivity (Wildman–Crippen MR) is 85.4 cm³/mol. The van der Waals surface area contributed by atoms with Gasteiger partial charge in [0.1, 0.15) is 0 Å². The fraction of sp³-hybridized carbons (Fsp3) is 0.250. The largest absolute Gasteiger partial charge is 0.398 e. The third kappa shape index (κ3) is 2.80. The number of benzene rings is 2. The van der Waals surface area contributed by atoms with Crippen molar-refractivity contribution < 1.29 is 4.74 Å². The summed E-state index contributed by atoms with van der Waals surface area (Å²) in [6, 6.07) is 14.1. The van der Waals surface area contributed by atoms with Gasteiger partial charge < -0.3 is 10.5 Å². The Bertz CT molecular complexity index is 597. The minimum absolute atomic E-state index is 0.112. The van der Waals surface area contributed by atoms with E-state index in [0.717, 1.165) is 29.4 Å². The van der Waals surface area contributed by atoms with Gasteiger partial charge in [-0.15, -0.1) is 11.8 Å². The molecule has 0 aliphatic carbocycles. The fourth-order valence-corrected chi connectivity index (χ4v) is 3.83. The van der Waals surface area contributed by atoms with Gasteiger partial charge in [0.05, 0.1) is 17.7 Å². The molecule has 20 heavy (non-hydrogen) atoms. The molecule has 1 atom stereocenters. The lowest BCUT2D eigenvalue weighted by atomic mass is 9.99. The van der Waals surface area contributed by atoms with Crippen LogP contribution in [0.4, 0.5) is 5.69 Å². The van der Waals surface area contributed by atoms with Crippen molar-refractivity contribution in [1.82, 2.24) is 0 Å². The van der Waals surface area contributed by atoms with Gasteiger partial charge in [-0.2, -0.15) is 0 Å². The van der Waals surface area contributed by atoms with Gasteiger partial charge in [-0.05, 0) is 29.7 Å². The molecule has 1 aliphatic rings. The molecule has 0 amide bonds. The standard InChI is InChI=1S/C16H16ClNOS/c17-13-6-3-7-14(18)16(13)20-10-15-12-5-2-1-4-11(12)8-9-19-15/h1-7,15H,8-10,18H2. The van der Waals surface area contributed by atoms with Gasteiger partial charge in [-0.3, -0.25) is 0 Å². The normalized spacial score (nSPS) is 17.8. The molecule has 2 aromatic carbocycles. The summed E-state index contributed by atoms with van der Waals surface area (Å²) in [6.45, 7) is 0.778. The number of thioether (sulfide) groups is 1. The lowest BCUT2D eigenvalue weighted by Gasteiger charge is -2.26. The number of nitrogens with two attached hydrogens (primary N) is 1. The van der Waals surface area contributed by atoms with Crippen LogP contribution in [0, 0.1) is 0 Å². The Morgan fingerprint density at radius 2 is 2.05 bits per heavy atom. The van der Waals surface area contributed by atoms with Crippen LogP contribution in [0.25, 0.3) is 0 Å². The van der Waals surface area contributed by atoms with Crippen LogP contribution in [0.15, 0.2) is 47.4 Å². The molecule has 0 radical (unpaired) electrons. The number of halogens is 1. The van der Waals surface area contributed by atoms with Crippen molar-refractivity contribution in [3.8, 4) is 0 Å². The molecule has 1 aliphatic heterocycles. The van der Waals surface area contributed by atoms with Crippen LogP contribution in [-0.4, -0.2) is 12.4 Å². The summed E-state index contributed by atoms with van der Waals surface area (Å²) in [6.07, 6.45) is 1.10. The summed E-state index contributed by atoms with van der Waals surface area (Å²) < 4.78 is 5.90. The fourth-order valence-electron chi connectivity index (χ4n) is 2.45. The summed E-state index contributed by atoms with van der Waals surface area (Å²) in [4.78, 5) is 0.945. The number of hydrogen-bond acceptors (Lipinski definition) is 3. The second-order valence-electron chi connectivity index (χ2n) is 4.78. The molecular formula is C16H16ClNOS. The first kappa shape index (κ1) is 13.8. The second kappa shape index (κ2) is 6.08. The van der Waals surface area contributed by atoms with Crippen molar-refractivity contribution in [2.45, 2.75) is 17.4 Å². The molecule has 0 saturated heterocycles. The van der Waals surface area contributed by atoms with Crippen LogP contribution in [0.2, 0.25) is 5.02 Å². The van der Waals surface area contributed by atoms with E-state index in [-0.39, 0.29) is 6.10 Å². The van der Waals surface area contributed by atoms with Crippen molar-refractivity contribution in [3.63, 3.8) is 0 Å². The zero-order valence-electron chi connectivity index (χ0n) is 11.0. The van der Waals surface area contributed by atoms with E-state index in [9.17, 15) is 0 Å². The number of rotatable bonds is 3.